The third kappa shape index (κ3) is 3.43. The van der Waals surface area contributed by atoms with E-state index in [0.717, 1.165) is 6.54 Å². The van der Waals surface area contributed by atoms with Gasteiger partial charge >= 0.3 is 0 Å². The number of rotatable bonds is 1. The molecule has 1 aromatic carbocycles. The van der Waals surface area contributed by atoms with Gasteiger partial charge in [0.1, 0.15) is 0 Å². The van der Waals surface area contributed by atoms with Gasteiger partial charge in [0.15, 0.2) is 0 Å². The predicted molar refractivity (Wildman–Crippen MR) is 71.5 cm³/mol. The van der Waals surface area contributed by atoms with Gasteiger partial charge in [0.05, 0.1) is 15.4 Å². The largest absolute Gasteiger partial charge is 0.302 e. The van der Waals surface area contributed by atoms with Crippen LogP contribution in [0.4, 0.5) is 0 Å². The van der Waals surface area contributed by atoms with E-state index in [1.165, 1.54) is 17.7 Å². The van der Waals surface area contributed by atoms with E-state index in [4.69, 9.17) is 23.2 Å². The smallest absolute Gasteiger partial charge is 0.0789 e. The van der Waals surface area contributed by atoms with Crippen molar-refractivity contribution in [2.75, 3.05) is 12.3 Å². The van der Waals surface area contributed by atoms with Crippen LogP contribution in [0.1, 0.15) is 17.4 Å². The molecule has 0 radical (unpaired) electrons. The zero-order valence-corrected chi connectivity index (χ0v) is 11.1. The molecule has 1 nitrogen and oxygen atoms in total. The maximum atomic E-state index is 5.96. The second-order valence-corrected chi connectivity index (χ2v) is 5.26. The Balaban J connectivity index is 0.00000112. The first-order chi connectivity index (χ1) is 6.77. The summed E-state index contributed by atoms with van der Waals surface area (Å²) in [5, 5.41) is 5.07. The molecule has 1 fully saturated rings. The Kier molecular flexibility index (Phi) is 5.58. The van der Waals surface area contributed by atoms with Crippen molar-refractivity contribution in [3.8, 4) is 0 Å². The second kappa shape index (κ2) is 6.21. The zero-order chi connectivity index (χ0) is 9.97. The summed E-state index contributed by atoms with van der Waals surface area (Å²) in [6.45, 7) is 1.08. The molecular weight excluding hydrogens is 273 g/mol. The monoisotopic (exact) mass is 283 g/mol. The summed E-state index contributed by atoms with van der Waals surface area (Å²) in [7, 11) is 0. The fourth-order valence-electron chi connectivity index (χ4n) is 1.45. The molecular formula is C10H12Cl3NS. The Bertz CT molecular complexity index is 326. The van der Waals surface area contributed by atoms with E-state index in [-0.39, 0.29) is 12.4 Å². The first kappa shape index (κ1) is 13.5. The van der Waals surface area contributed by atoms with E-state index in [1.54, 1.807) is 0 Å². The summed E-state index contributed by atoms with van der Waals surface area (Å²) >= 11 is 13.7. The Hall–Kier alpha value is 0.400. The standard InChI is InChI=1S/C10H11Cl2NS.ClH/c11-8-3-2-7(6-9(8)12)10-13-4-1-5-14-10;/h2-3,6,10,13H,1,4-5H2;1H. The van der Waals surface area contributed by atoms with Crippen LogP contribution in [0.5, 0.6) is 0 Å². The van der Waals surface area contributed by atoms with Crippen molar-refractivity contribution in [2.24, 2.45) is 0 Å². The molecule has 0 aliphatic carbocycles. The number of nitrogens with one attached hydrogen (secondary N) is 1. The minimum absolute atomic E-state index is 0. The number of thioether (sulfide) groups is 1. The average molecular weight is 285 g/mol. The van der Waals surface area contributed by atoms with Crippen LogP contribution in [-0.4, -0.2) is 12.3 Å². The number of halogens is 3. The molecule has 1 aromatic rings. The van der Waals surface area contributed by atoms with Crippen molar-refractivity contribution in [2.45, 2.75) is 11.8 Å². The van der Waals surface area contributed by atoms with Gasteiger partial charge in [-0.05, 0) is 36.4 Å². The lowest BCUT2D eigenvalue weighted by atomic mass is 10.2. The Morgan fingerprint density at radius 3 is 2.67 bits per heavy atom. The highest BCUT2D eigenvalue weighted by Gasteiger charge is 2.15. The lowest BCUT2D eigenvalue weighted by Gasteiger charge is -2.23. The van der Waals surface area contributed by atoms with E-state index in [9.17, 15) is 0 Å². The maximum Gasteiger partial charge on any atom is 0.0789 e. The number of hydrogen-bond acceptors (Lipinski definition) is 2. The quantitative estimate of drug-likeness (QED) is 0.832. The van der Waals surface area contributed by atoms with E-state index < -0.39 is 0 Å². The molecule has 2 rings (SSSR count). The first-order valence-corrected chi connectivity index (χ1v) is 6.38. The predicted octanol–water partition coefficient (Wildman–Crippen LogP) is 4.14. The van der Waals surface area contributed by atoms with E-state index in [2.05, 4.69) is 5.32 Å². The lowest BCUT2D eigenvalue weighted by molar-refractivity contribution is 0.643. The van der Waals surface area contributed by atoms with E-state index in [1.807, 2.05) is 30.0 Å². The molecule has 0 amide bonds. The van der Waals surface area contributed by atoms with Crippen LogP contribution >= 0.6 is 47.4 Å². The normalized spacial score (nSPS) is 20.8. The average Bonchev–Trinajstić information content (AvgIpc) is 2.23. The fourth-order valence-corrected chi connectivity index (χ4v) is 2.88. The van der Waals surface area contributed by atoms with Gasteiger partial charge in [-0.1, -0.05) is 29.3 Å². The van der Waals surface area contributed by atoms with Crippen molar-refractivity contribution >= 4 is 47.4 Å². The molecule has 15 heavy (non-hydrogen) atoms. The molecule has 1 unspecified atom stereocenters. The minimum Gasteiger partial charge on any atom is -0.302 e. The van der Waals surface area contributed by atoms with Crippen molar-refractivity contribution < 1.29 is 0 Å². The van der Waals surface area contributed by atoms with Gasteiger partial charge in [-0.2, -0.15) is 0 Å². The lowest BCUT2D eigenvalue weighted by Crippen LogP contribution is -2.25. The summed E-state index contributed by atoms with van der Waals surface area (Å²) in [6.07, 6.45) is 1.24. The highest BCUT2D eigenvalue weighted by atomic mass is 35.5. The summed E-state index contributed by atoms with van der Waals surface area (Å²) < 4.78 is 0. The van der Waals surface area contributed by atoms with Crippen molar-refractivity contribution in [1.29, 1.82) is 0 Å². The SMILES string of the molecule is Cl.Clc1ccc(C2NCCCS2)cc1Cl. The van der Waals surface area contributed by atoms with Crippen LogP contribution in [0.15, 0.2) is 18.2 Å². The summed E-state index contributed by atoms with van der Waals surface area (Å²) in [4.78, 5) is 0. The second-order valence-electron chi connectivity index (χ2n) is 3.23. The highest BCUT2D eigenvalue weighted by Crippen LogP contribution is 2.32. The molecule has 5 heteroatoms. The molecule has 1 heterocycles. The van der Waals surface area contributed by atoms with Gasteiger partial charge in [0, 0.05) is 0 Å². The highest BCUT2D eigenvalue weighted by molar-refractivity contribution is 7.99. The molecule has 0 spiro atoms. The Labute approximate surface area is 110 Å². The first-order valence-electron chi connectivity index (χ1n) is 4.57. The number of benzene rings is 1. The van der Waals surface area contributed by atoms with Gasteiger partial charge in [0.2, 0.25) is 0 Å². The molecule has 1 N–H and O–H groups in total. The van der Waals surface area contributed by atoms with Gasteiger partial charge in [0.25, 0.3) is 0 Å². The van der Waals surface area contributed by atoms with Crippen LogP contribution < -0.4 is 5.32 Å². The van der Waals surface area contributed by atoms with Gasteiger partial charge in [-0.3, -0.25) is 0 Å². The van der Waals surface area contributed by atoms with E-state index >= 15 is 0 Å². The van der Waals surface area contributed by atoms with Gasteiger partial charge in [-0.15, -0.1) is 24.2 Å². The van der Waals surface area contributed by atoms with Crippen LogP contribution in [0.25, 0.3) is 0 Å². The summed E-state index contributed by atoms with van der Waals surface area (Å²) in [5.74, 6) is 1.21. The topological polar surface area (TPSA) is 12.0 Å². The molecule has 84 valence electrons. The fraction of sp³-hybridized carbons (Fsp3) is 0.400. The molecule has 1 saturated heterocycles. The molecule has 0 aromatic heterocycles. The van der Waals surface area contributed by atoms with Crippen molar-refractivity contribution in [3.63, 3.8) is 0 Å². The summed E-state index contributed by atoms with van der Waals surface area (Å²) in [5.41, 5.74) is 1.21. The van der Waals surface area contributed by atoms with Crippen LogP contribution in [0.3, 0.4) is 0 Å². The Morgan fingerprint density at radius 2 is 2.07 bits per heavy atom. The molecule has 0 saturated carbocycles. The molecule has 0 bridgehead atoms. The third-order valence-corrected chi connectivity index (χ3v) is 4.22. The van der Waals surface area contributed by atoms with Crippen molar-refractivity contribution in [3.05, 3.63) is 33.8 Å². The van der Waals surface area contributed by atoms with Crippen LogP contribution in [0, 0.1) is 0 Å². The zero-order valence-electron chi connectivity index (χ0n) is 8.00. The number of hydrogen-bond donors (Lipinski definition) is 1. The molecule has 1 aliphatic heterocycles. The minimum atomic E-state index is 0. The van der Waals surface area contributed by atoms with Crippen LogP contribution in [0.2, 0.25) is 10.0 Å². The third-order valence-electron chi connectivity index (χ3n) is 2.18. The molecule has 1 atom stereocenters. The van der Waals surface area contributed by atoms with Crippen molar-refractivity contribution in [1.82, 2.24) is 5.32 Å². The van der Waals surface area contributed by atoms with Gasteiger partial charge in [-0.25, -0.2) is 0 Å². The van der Waals surface area contributed by atoms with Gasteiger partial charge < -0.3 is 5.32 Å². The van der Waals surface area contributed by atoms with Crippen LogP contribution in [-0.2, 0) is 0 Å². The molecule has 1 aliphatic rings. The maximum absolute atomic E-state index is 5.96. The van der Waals surface area contributed by atoms with E-state index in [0.29, 0.717) is 15.4 Å². The summed E-state index contributed by atoms with van der Waals surface area (Å²) in [6, 6.07) is 5.83. The Morgan fingerprint density at radius 1 is 1.27 bits per heavy atom.